The first-order valence-electron chi connectivity index (χ1n) is 6.67. The Kier molecular flexibility index (Phi) is 4.01. The second kappa shape index (κ2) is 6.10. The molecule has 2 aromatic heterocycles. The Morgan fingerprint density at radius 3 is 2.52 bits per heavy atom. The van der Waals surface area contributed by atoms with E-state index >= 15 is 0 Å². The van der Waals surface area contributed by atoms with Crippen molar-refractivity contribution in [2.45, 2.75) is 13.5 Å². The highest BCUT2D eigenvalue weighted by Crippen LogP contribution is 2.14. The summed E-state index contributed by atoms with van der Waals surface area (Å²) in [5, 5.41) is 3.36. The van der Waals surface area contributed by atoms with Gasteiger partial charge < -0.3 is 5.32 Å². The fourth-order valence-corrected chi connectivity index (χ4v) is 2.32. The van der Waals surface area contributed by atoms with Crippen LogP contribution in [0, 0.1) is 6.92 Å². The van der Waals surface area contributed by atoms with Gasteiger partial charge in [-0.2, -0.15) is 0 Å². The summed E-state index contributed by atoms with van der Waals surface area (Å²) in [5.74, 6) is 1.80. The summed E-state index contributed by atoms with van der Waals surface area (Å²) in [5.41, 5.74) is 2.23. The second-order valence-corrected chi connectivity index (χ2v) is 5.65. The zero-order valence-corrected chi connectivity index (χ0v) is 13.2. The number of nitrogens with zero attached hydrogens (tertiary/aromatic N) is 3. The number of nitrogens with one attached hydrogen (secondary N) is 1. The van der Waals surface area contributed by atoms with Gasteiger partial charge in [0.05, 0.1) is 11.9 Å². The normalized spacial score (nSPS) is 10.6. The molecule has 0 radical (unpaired) electrons. The topological polar surface area (TPSA) is 42.7 Å². The number of aryl methyl sites for hydroxylation is 1. The number of benzene rings is 1. The lowest BCUT2D eigenvalue weighted by molar-refractivity contribution is 0.932. The van der Waals surface area contributed by atoms with Crippen LogP contribution in [0.4, 0.5) is 5.69 Å². The van der Waals surface area contributed by atoms with Crippen molar-refractivity contribution in [2.75, 3.05) is 5.32 Å². The molecule has 0 bridgehead atoms. The summed E-state index contributed by atoms with van der Waals surface area (Å²) < 4.78 is 3.05. The van der Waals surface area contributed by atoms with Crippen LogP contribution in [-0.4, -0.2) is 14.5 Å². The molecule has 106 valence electrons. The van der Waals surface area contributed by atoms with Gasteiger partial charge in [-0.05, 0) is 36.8 Å². The quantitative estimate of drug-likeness (QED) is 0.780. The fourth-order valence-electron chi connectivity index (χ4n) is 2.06. The van der Waals surface area contributed by atoms with Crippen LogP contribution >= 0.6 is 15.9 Å². The molecule has 1 N–H and O–H groups in total. The van der Waals surface area contributed by atoms with E-state index in [1.165, 1.54) is 5.56 Å². The van der Waals surface area contributed by atoms with Gasteiger partial charge in [0, 0.05) is 23.4 Å². The second-order valence-electron chi connectivity index (χ2n) is 4.73. The molecule has 0 saturated carbocycles. The molecular formula is C16H15BrN4. The fraction of sp³-hybridized carbons (Fsp3) is 0.125. The van der Waals surface area contributed by atoms with E-state index in [0.717, 1.165) is 28.3 Å². The maximum Gasteiger partial charge on any atom is 0.138 e. The zero-order chi connectivity index (χ0) is 14.7. The van der Waals surface area contributed by atoms with E-state index in [9.17, 15) is 0 Å². The van der Waals surface area contributed by atoms with Gasteiger partial charge in [0.2, 0.25) is 0 Å². The Morgan fingerprint density at radius 1 is 1.10 bits per heavy atom. The van der Waals surface area contributed by atoms with Crippen LogP contribution in [0.25, 0.3) is 5.82 Å². The third-order valence-corrected chi connectivity index (χ3v) is 3.76. The third-order valence-electron chi connectivity index (χ3n) is 3.23. The Morgan fingerprint density at radius 2 is 1.90 bits per heavy atom. The smallest absolute Gasteiger partial charge is 0.138 e. The molecule has 5 heteroatoms. The molecule has 4 nitrogen and oxygen atoms in total. The van der Waals surface area contributed by atoms with Crippen molar-refractivity contribution < 1.29 is 0 Å². The molecule has 2 heterocycles. The lowest BCUT2D eigenvalue weighted by Gasteiger charge is -2.08. The summed E-state index contributed by atoms with van der Waals surface area (Å²) in [7, 11) is 0. The molecule has 0 fully saturated rings. The molecule has 0 aliphatic carbocycles. The highest BCUT2D eigenvalue weighted by atomic mass is 79.9. The molecule has 0 amide bonds. The Bertz CT molecular complexity index is 717. The maximum atomic E-state index is 4.46. The first-order valence-corrected chi connectivity index (χ1v) is 7.46. The molecule has 0 spiro atoms. The Balaban J connectivity index is 1.67. The van der Waals surface area contributed by atoms with Crippen molar-refractivity contribution in [1.82, 2.24) is 14.5 Å². The van der Waals surface area contributed by atoms with Gasteiger partial charge in [-0.3, -0.25) is 4.57 Å². The molecule has 0 saturated heterocycles. The molecule has 0 unspecified atom stereocenters. The van der Waals surface area contributed by atoms with E-state index in [1.807, 2.05) is 48.1 Å². The lowest BCUT2D eigenvalue weighted by atomic mass is 10.2. The number of anilines is 1. The molecule has 1 aromatic carbocycles. The van der Waals surface area contributed by atoms with E-state index in [0.29, 0.717) is 0 Å². The summed E-state index contributed by atoms with van der Waals surface area (Å²) in [6.45, 7) is 2.74. The van der Waals surface area contributed by atoms with Crippen LogP contribution < -0.4 is 5.32 Å². The van der Waals surface area contributed by atoms with Crippen LogP contribution in [0.15, 0.2) is 59.5 Å². The SMILES string of the molecule is Cc1nccn1-c1ccc(NCc2ccc(Br)cc2)cn1. The van der Waals surface area contributed by atoms with Crippen molar-refractivity contribution in [3.05, 3.63) is 70.8 Å². The van der Waals surface area contributed by atoms with Crippen molar-refractivity contribution in [2.24, 2.45) is 0 Å². The van der Waals surface area contributed by atoms with Crippen molar-refractivity contribution >= 4 is 21.6 Å². The summed E-state index contributed by atoms with van der Waals surface area (Å²) in [6.07, 6.45) is 5.52. The average molecular weight is 343 g/mol. The van der Waals surface area contributed by atoms with Crippen LogP contribution in [0.5, 0.6) is 0 Å². The van der Waals surface area contributed by atoms with Gasteiger partial charge in [0.25, 0.3) is 0 Å². The minimum Gasteiger partial charge on any atom is -0.380 e. The van der Waals surface area contributed by atoms with Gasteiger partial charge in [0.15, 0.2) is 0 Å². The molecule has 3 aromatic rings. The Labute approximate surface area is 132 Å². The standard InChI is InChI=1S/C16H15BrN4/c1-12-18-8-9-21(12)16-7-6-15(11-20-16)19-10-13-2-4-14(17)5-3-13/h2-9,11,19H,10H2,1H3. The predicted octanol–water partition coefficient (Wildman–Crippen LogP) is 3.95. The minimum absolute atomic E-state index is 0.776. The van der Waals surface area contributed by atoms with E-state index in [4.69, 9.17) is 0 Å². The van der Waals surface area contributed by atoms with Gasteiger partial charge >= 0.3 is 0 Å². The highest BCUT2D eigenvalue weighted by Gasteiger charge is 2.01. The largest absolute Gasteiger partial charge is 0.380 e. The molecule has 0 atom stereocenters. The zero-order valence-electron chi connectivity index (χ0n) is 11.6. The molecule has 0 aliphatic heterocycles. The van der Waals surface area contributed by atoms with Crippen LogP contribution in [-0.2, 0) is 6.54 Å². The molecule has 3 rings (SSSR count). The minimum atomic E-state index is 0.776. The average Bonchev–Trinajstić information content (AvgIpc) is 2.93. The monoisotopic (exact) mass is 342 g/mol. The number of hydrogen-bond donors (Lipinski definition) is 1. The number of rotatable bonds is 4. The van der Waals surface area contributed by atoms with Gasteiger partial charge in [-0.1, -0.05) is 28.1 Å². The van der Waals surface area contributed by atoms with Gasteiger partial charge in [0.1, 0.15) is 11.6 Å². The number of hydrogen-bond acceptors (Lipinski definition) is 3. The van der Waals surface area contributed by atoms with E-state index in [2.05, 4.69) is 43.3 Å². The first-order chi connectivity index (χ1) is 10.2. The van der Waals surface area contributed by atoms with Crippen molar-refractivity contribution in [3.8, 4) is 5.82 Å². The van der Waals surface area contributed by atoms with Gasteiger partial charge in [-0.25, -0.2) is 9.97 Å². The number of aromatic nitrogens is 3. The maximum absolute atomic E-state index is 4.46. The summed E-state index contributed by atoms with van der Waals surface area (Å²) in [6, 6.07) is 12.3. The third kappa shape index (κ3) is 3.31. The molecule has 21 heavy (non-hydrogen) atoms. The van der Waals surface area contributed by atoms with E-state index in [1.54, 1.807) is 6.20 Å². The first kappa shape index (κ1) is 13.8. The van der Waals surface area contributed by atoms with E-state index in [-0.39, 0.29) is 0 Å². The number of pyridine rings is 1. The summed E-state index contributed by atoms with van der Waals surface area (Å²) in [4.78, 5) is 8.66. The van der Waals surface area contributed by atoms with E-state index < -0.39 is 0 Å². The van der Waals surface area contributed by atoms with Crippen molar-refractivity contribution in [1.29, 1.82) is 0 Å². The predicted molar refractivity (Wildman–Crippen MR) is 87.6 cm³/mol. The number of halogens is 1. The lowest BCUT2D eigenvalue weighted by Crippen LogP contribution is -2.02. The Hall–Kier alpha value is -2.14. The van der Waals surface area contributed by atoms with Crippen molar-refractivity contribution in [3.63, 3.8) is 0 Å². The molecular weight excluding hydrogens is 328 g/mol. The van der Waals surface area contributed by atoms with Crippen LogP contribution in [0.3, 0.4) is 0 Å². The van der Waals surface area contributed by atoms with Gasteiger partial charge in [-0.15, -0.1) is 0 Å². The van der Waals surface area contributed by atoms with Crippen LogP contribution in [0.1, 0.15) is 11.4 Å². The summed E-state index contributed by atoms with van der Waals surface area (Å²) >= 11 is 3.44. The highest BCUT2D eigenvalue weighted by molar-refractivity contribution is 9.10. The number of imidazole rings is 1. The van der Waals surface area contributed by atoms with Crippen LogP contribution in [0.2, 0.25) is 0 Å². The molecule has 0 aliphatic rings.